The van der Waals surface area contributed by atoms with Gasteiger partial charge in [0.2, 0.25) is 10.0 Å². The van der Waals surface area contributed by atoms with Crippen LogP contribution in [0, 0.1) is 5.41 Å². The van der Waals surface area contributed by atoms with Gasteiger partial charge in [-0.3, -0.25) is 0 Å². The molecule has 5 nitrogen and oxygen atoms in total. The molecule has 1 rings (SSSR count). The van der Waals surface area contributed by atoms with Gasteiger partial charge in [-0.2, -0.15) is 0 Å². The molecule has 0 unspecified atom stereocenters. The van der Waals surface area contributed by atoms with E-state index in [1.807, 2.05) is 20.8 Å². The fraction of sp³-hybridized carbons (Fsp3) is 0.571. The highest BCUT2D eigenvalue weighted by Crippen LogP contribution is 2.20. The van der Waals surface area contributed by atoms with Crippen LogP contribution < -0.4 is 9.46 Å². The van der Waals surface area contributed by atoms with Crippen LogP contribution >= 0.6 is 0 Å². The summed E-state index contributed by atoms with van der Waals surface area (Å²) in [6.45, 7) is 6.57. The minimum Gasteiger partial charge on any atom is -0.491 e. The summed E-state index contributed by atoms with van der Waals surface area (Å²) in [5.41, 5.74) is -0.0722. The maximum atomic E-state index is 12.1. The number of benzene rings is 1. The quantitative estimate of drug-likeness (QED) is 0.767. The first-order valence-electron chi connectivity index (χ1n) is 6.64. The molecule has 6 heteroatoms. The third-order valence-electron chi connectivity index (χ3n) is 3.19. The highest BCUT2D eigenvalue weighted by atomic mass is 32.2. The largest absolute Gasteiger partial charge is 0.491 e. The van der Waals surface area contributed by atoms with Crippen molar-refractivity contribution in [1.29, 1.82) is 0 Å². The lowest BCUT2D eigenvalue weighted by Gasteiger charge is -2.22. The number of ether oxygens (including phenoxy) is 1. The maximum absolute atomic E-state index is 12.1. The molecule has 0 aliphatic heterocycles. The summed E-state index contributed by atoms with van der Waals surface area (Å²) in [6.07, 6.45) is 0.892. The van der Waals surface area contributed by atoms with Gasteiger partial charge in [0.25, 0.3) is 0 Å². The van der Waals surface area contributed by atoms with E-state index < -0.39 is 10.0 Å². The van der Waals surface area contributed by atoms with Crippen LogP contribution in [0.15, 0.2) is 29.2 Å². The topological polar surface area (TPSA) is 75.6 Å². The first-order chi connectivity index (χ1) is 9.30. The van der Waals surface area contributed by atoms with E-state index in [2.05, 4.69) is 4.72 Å². The molecule has 0 aromatic heterocycles. The molecule has 0 aliphatic carbocycles. The average molecular weight is 301 g/mol. The SMILES string of the molecule is CCC(C)(C)CNS(=O)(=O)c1ccc(OCCO)cc1. The average Bonchev–Trinajstić information content (AvgIpc) is 2.44. The Morgan fingerprint density at radius 2 is 1.85 bits per heavy atom. The van der Waals surface area contributed by atoms with Crippen molar-refractivity contribution in [1.82, 2.24) is 4.72 Å². The van der Waals surface area contributed by atoms with Gasteiger partial charge in [-0.05, 0) is 36.1 Å². The van der Waals surface area contributed by atoms with E-state index in [0.717, 1.165) is 6.42 Å². The Morgan fingerprint density at radius 1 is 1.25 bits per heavy atom. The first-order valence-corrected chi connectivity index (χ1v) is 8.12. The van der Waals surface area contributed by atoms with Crippen LogP contribution in [0.3, 0.4) is 0 Å². The number of aliphatic hydroxyl groups is 1. The predicted octanol–water partition coefficient (Wildman–Crippen LogP) is 1.77. The number of sulfonamides is 1. The van der Waals surface area contributed by atoms with Crippen molar-refractivity contribution in [3.05, 3.63) is 24.3 Å². The zero-order valence-corrected chi connectivity index (χ0v) is 13.0. The van der Waals surface area contributed by atoms with E-state index in [9.17, 15) is 8.42 Å². The van der Waals surface area contributed by atoms with Gasteiger partial charge in [-0.1, -0.05) is 20.8 Å². The van der Waals surface area contributed by atoms with E-state index in [1.165, 1.54) is 12.1 Å². The van der Waals surface area contributed by atoms with E-state index in [4.69, 9.17) is 9.84 Å². The van der Waals surface area contributed by atoms with Crippen molar-refractivity contribution < 1.29 is 18.3 Å². The number of nitrogens with one attached hydrogen (secondary N) is 1. The molecule has 0 atom stereocenters. The van der Waals surface area contributed by atoms with Crippen LogP contribution in [0.4, 0.5) is 0 Å². The molecular weight excluding hydrogens is 278 g/mol. The first kappa shape index (κ1) is 16.9. The lowest BCUT2D eigenvalue weighted by atomic mass is 9.91. The second kappa shape index (κ2) is 7.06. The molecule has 0 heterocycles. The normalized spacial score (nSPS) is 12.4. The van der Waals surface area contributed by atoms with Gasteiger partial charge in [-0.15, -0.1) is 0 Å². The van der Waals surface area contributed by atoms with Crippen LogP contribution in [0.1, 0.15) is 27.2 Å². The van der Waals surface area contributed by atoms with Crippen molar-refractivity contribution in [3.63, 3.8) is 0 Å². The van der Waals surface area contributed by atoms with E-state index in [0.29, 0.717) is 12.3 Å². The smallest absolute Gasteiger partial charge is 0.240 e. The fourth-order valence-electron chi connectivity index (χ4n) is 1.38. The number of aliphatic hydroxyl groups excluding tert-OH is 1. The standard InChI is InChI=1S/C14H23NO4S/c1-4-14(2,3)11-15-20(17,18)13-7-5-12(6-8-13)19-10-9-16/h5-8,15-16H,4,9-11H2,1-3H3. The van der Waals surface area contributed by atoms with Crippen LogP contribution in [0.2, 0.25) is 0 Å². The van der Waals surface area contributed by atoms with Gasteiger partial charge >= 0.3 is 0 Å². The highest BCUT2D eigenvalue weighted by Gasteiger charge is 2.20. The van der Waals surface area contributed by atoms with Crippen molar-refractivity contribution in [3.8, 4) is 5.75 Å². The van der Waals surface area contributed by atoms with Gasteiger partial charge in [0.15, 0.2) is 0 Å². The minimum absolute atomic E-state index is 0.0722. The number of hydrogen-bond acceptors (Lipinski definition) is 4. The van der Waals surface area contributed by atoms with Crippen LogP contribution in [0.5, 0.6) is 5.75 Å². The summed E-state index contributed by atoms with van der Waals surface area (Å²) < 4.78 is 32.1. The van der Waals surface area contributed by atoms with E-state index in [-0.39, 0.29) is 23.5 Å². The van der Waals surface area contributed by atoms with Gasteiger partial charge in [0.05, 0.1) is 11.5 Å². The summed E-state index contributed by atoms with van der Waals surface area (Å²) in [5.74, 6) is 0.534. The fourth-order valence-corrected chi connectivity index (χ4v) is 2.62. The molecule has 20 heavy (non-hydrogen) atoms. The molecule has 0 amide bonds. The lowest BCUT2D eigenvalue weighted by molar-refractivity contribution is 0.201. The van der Waals surface area contributed by atoms with Crippen molar-refractivity contribution in [2.75, 3.05) is 19.8 Å². The molecule has 114 valence electrons. The van der Waals surface area contributed by atoms with Crippen LogP contribution in [-0.2, 0) is 10.0 Å². The monoisotopic (exact) mass is 301 g/mol. The van der Waals surface area contributed by atoms with Gasteiger partial charge in [0, 0.05) is 6.54 Å². The second-order valence-corrected chi connectivity index (χ2v) is 7.15. The molecular formula is C14H23NO4S. The zero-order valence-electron chi connectivity index (χ0n) is 12.2. The molecule has 1 aromatic carbocycles. The summed E-state index contributed by atoms with van der Waals surface area (Å²) >= 11 is 0. The maximum Gasteiger partial charge on any atom is 0.240 e. The molecule has 2 N–H and O–H groups in total. The van der Waals surface area contributed by atoms with Gasteiger partial charge in [-0.25, -0.2) is 13.1 Å². The van der Waals surface area contributed by atoms with Crippen LogP contribution in [-0.4, -0.2) is 33.3 Å². The summed E-state index contributed by atoms with van der Waals surface area (Å²) in [6, 6.07) is 6.15. The molecule has 1 aromatic rings. The molecule has 0 radical (unpaired) electrons. The van der Waals surface area contributed by atoms with Gasteiger partial charge < -0.3 is 9.84 Å². The Labute approximate surface area is 121 Å². The van der Waals surface area contributed by atoms with E-state index in [1.54, 1.807) is 12.1 Å². The third-order valence-corrected chi connectivity index (χ3v) is 4.61. The Kier molecular flexibility index (Phi) is 5.98. The number of rotatable bonds is 8. The second-order valence-electron chi connectivity index (χ2n) is 5.39. The summed E-state index contributed by atoms with van der Waals surface area (Å²) in [4.78, 5) is 0.209. The van der Waals surface area contributed by atoms with Crippen molar-refractivity contribution >= 4 is 10.0 Å². The third kappa shape index (κ3) is 5.11. The summed E-state index contributed by atoms with van der Waals surface area (Å²) in [7, 11) is -3.50. The van der Waals surface area contributed by atoms with E-state index >= 15 is 0 Å². The minimum atomic E-state index is -3.50. The Morgan fingerprint density at radius 3 is 2.35 bits per heavy atom. The Bertz CT molecular complexity index is 508. The molecule has 0 bridgehead atoms. The lowest BCUT2D eigenvalue weighted by Crippen LogP contribution is -2.33. The Hall–Kier alpha value is -1.11. The van der Waals surface area contributed by atoms with Crippen molar-refractivity contribution in [2.24, 2.45) is 5.41 Å². The Balaban J connectivity index is 2.73. The molecule has 0 aliphatic rings. The zero-order chi connectivity index (χ0) is 15.2. The molecule has 0 saturated heterocycles. The van der Waals surface area contributed by atoms with Crippen molar-refractivity contribution in [2.45, 2.75) is 32.1 Å². The molecule has 0 saturated carbocycles. The molecule has 0 spiro atoms. The summed E-state index contributed by atoms with van der Waals surface area (Å²) in [5, 5.41) is 8.65. The van der Waals surface area contributed by atoms with Gasteiger partial charge in [0.1, 0.15) is 12.4 Å². The molecule has 0 fully saturated rings. The highest BCUT2D eigenvalue weighted by molar-refractivity contribution is 7.89. The predicted molar refractivity (Wildman–Crippen MR) is 78.3 cm³/mol. The number of hydrogen-bond donors (Lipinski definition) is 2. The van der Waals surface area contributed by atoms with Crippen LogP contribution in [0.25, 0.3) is 0 Å².